The number of aromatic nitrogens is 1. The van der Waals surface area contributed by atoms with E-state index in [0.29, 0.717) is 5.69 Å². The van der Waals surface area contributed by atoms with Gasteiger partial charge in [0.2, 0.25) is 0 Å². The molecule has 1 aromatic rings. The summed E-state index contributed by atoms with van der Waals surface area (Å²) in [6, 6.07) is 2.70. The van der Waals surface area contributed by atoms with Gasteiger partial charge in [0.15, 0.2) is 0 Å². The lowest BCUT2D eigenvalue weighted by atomic mass is 9.99. The second-order valence-electron chi connectivity index (χ2n) is 3.55. The van der Waals surface area contributed by atoms with Crippen molar-refractivity contribution in [1.82, 2.24) is 4.98 Å². The van der Waals surface area contributed by atoms with Gasteiger partial charge in [-0.25, -0.2) is 4.39 Å². The van der Waals surface area contributed by atoms with Gasteiger partial charge < -0.3 is 5.11 Å². The van der Waals surface area contributed by atoms with Crippen molar-refractivity contribution >= 4 is 5.97 Å². The van der Waals surface area contributed by atoms with Gasteiger partial charge in [-0.1, -0.05) is 0 Å². The van der Waals surface area contributed by atoms with Crippen LogP contribution in [0.3, 0.4) is 0 Å². The standard InChI is InChI=1S/C10H10FNO2/c11-7-3-4-8(12-5-7)9(10(13)14)6-1-2-6/h3-6,9H,1-2H2,(H,13,14). The number of hydrogen-bond acceptors (Lipinski definition) is 2. The third-order valence-corrected chi connectivity index (χ3v) is 2.43. The van der Waals surface area contributed by atoms with Gasteiger partial charge in [-0.05, 0) is 30.9 Å². The summed E-state index contributed by atoms with van der Waals surface area (Å²) in [6.07, 6.45) is 2.92. The molecule has 3 nitrogen and oxygen atoms in total. The average molecular weight is 195 g/mol. The minimum absolute atomic E-state index is 0.186. The number of carboxylic acids is 1. The van der Waals surface area contributed by atoms with Crippen LogP contribution in [0.5, 0.6) is 0 Å². The normalized spacial score (nSPS) is 17.8. The van der Waals surface area contributed by atoms with Crippen LogP contribution in [0, 0.1) is 11.7 Å². The quantitative estimate of drug-likeness (QED) is 0.800. The number of aliphatic carboxylic acids is 1. The van der Waals surface area contributed by atoms with Crippen molar-refractivity contribution in [2.45, 2.75) is 18.8 Å². The molecule has 14 heavy (non-hydrogen) atoms. The Hall–Kier alpha value is -1.45. The van der Waals surface area contributed by atoms with Crippen LogP contribution in [0.1, 0.15) is 24.5 Å². The van der Waals surface area contributed by atoms with Crippen molar-refractivity contribution in [1.29, 1.82) is 0 Å². The van der Waals surface area contributed by atoms with Crippen LogP contribution in [0.2, 0.25) is 0 Å². The van der Waals surface area contributed by atoms with Crippen LogP contribution in [-0.4, -0.2) is 16.1 Å². The largest absolute Gasteiger partial charge is 0.481 e. The van der Waals surface area contributed by atoms with Crippen LogP contribution in [0.25, 0.3) is 0 Å². The fraction of sp³-hybridized carbons (Fsp3) is 0.400. The summed E-state index contributed by atoms with van der Waals surface area (Å²) in [5.74, 6) is -1.68. The zero-order chi connectivity index (χ0) is 10.1. The van der Waals surface area contributed by atoms with Gasteiger partial charge in [0, 0.05) is 0 Å². The molecule has 0 saturated heterocycles. The molecule has 1 aliphatic carbocycles. The first-order valence-electron chi connectivity index (χ1n) is 4.53. The van der Waals surface area contributed by atoms with Crippen LogP contribution < -0.4 is 0 Å². The van der Waals surface area contributed by atoms with E-state index < -0.39 is 17.7 Å². The fourth-order valence-electron chi connectivity index (χ4n) is 1.57. The molecule has 2 rings (SSSR count). The molecule has 1 fully saturated rings. The number of rotatable bonds is 3. The predicted molar refractivity (Wildman–Crippen MR) is 47.3 cm³/mol. The Morgan fingerprint density at radius 2 is 2.29 bits per heavy atom. The van der Waals surface area contributed by atoms with Crippen molar-refractivity contribution in [2.75, 3.05) is 0 Å². The molecule has 0 radical (unpaired) electrons. The van der Waals surface area contributed by atoms with Gasteiger partial charge in [-0.2, -0.15) is 0 Å². The second kappa shape index (κ2) is 3.36. The lowest BCUT2D eigenvalue weighted by Crippen LogP contribution is -2.15. The van der Waals surface area contributed by atoms with E-state index in [1.54, 1.807) is 0 Å². The predicted octanol–water partition coefficient (Wildman–Crippen LogP) is 1.80. The maximum absolute atomic E-state index is 12.6. The van der Waals surface area contributed by atoms with Crippen LogP contribution in [-0.2, 0) is 4.79 Å². The Kier molecular flexibility index (Phi) is 2.19. The highest BCUT2D eigenvalue weighted by molar-refractivity contribution is 5.76. The molecule has 0 aromatic carbocycles. The lowest BCUT2D eigenvalue weighted by molar-refractivity contribution is -0.139. The molecular weight excluding hydrogens is 185 g/mol. The van der Waals surface area contributed by atoms with Crippen LogP contribution in [0.15, 0.2) is 18.3 Å². The zero-order valence-electron chi connectivity index (χ0n) is 7.48. The molecule has 1 N–H and O–H groups in total. The Labute approximate surface area is 80.6 Å². The van der Waals surface area contributed by atoms with Gasteiger partial charge in [0.05, 0.1) is 11.9 Å². The number of halogens is 1. The Bertz CT molecular complexity index is 346. The first kappa shape index (κ1) is 9.12. The monoisotopic (exact) mass is 195 g/mol. The number of nitrogens with zero attached hydrogens (tertiary/aromatic N) is 1. The summed E-state index contributed by atoms with van der Waals surface area (Å²) in [4.78, 5) is 14.7. The molecule has 0 aliphatic heterocycles. The van der Waals surface area contributed by atoms with Crippen molar-refractivity contribution in [3.05, 3.63) is 29.8 Å². The van der Waals surface area contributed by atoms with E-state index in [1.807, 2.05) is 0 Å². The van der Waals surface area contributed by atoms with Gasteiger partial charge in [0.25, 0.3) is 0 Å². The molecule has 1 aliphatic rings. The Morgan fingerprint density at radius 1 is 1.57 bits per heavy atom. The van der Waals surface area contributed by atoms with E-state index >= 15 is 0 Å². The summed E-state index contributed by atoms with van der Waals surface area (Å²) in [7, 11) is 0. The molecule has 0 amide bonds. The summed E-state index contributed by atoms with van der Waals surface area (Å²) < 4.78 is 12.6. The molecule has 4 heteroatoms. The third-order valence-electron chi connectivity index (χ3n) is 2.43. The van der Waals surface area contributed by atoms with E-state index in [4.69, 9.17) is 5.11 Å². The fourth-order valence-corrected chi connectivity index (χ4v) is 1.57. The van der Waals surface area contributed by atoms with Crippen LogP contribution >= 0.6 is 0 Å². The zero-order valence-corrected chi connectivity index (χ0v) is 7.48. The SMILES string of the molecule is O=C(O)C(c1ccc(F)cn1)C1CC1. The Balaban J connectivity index is 2.26. The number of carboxylic acid groups (broad SMARTS) is 1. The van der Waals surface area contributed by atoms with Crippen molar-refractivity contribution in [2.24, 2.45) is 5.92 Å². The summed E-state index contributed by atoms with van der Waals surface area (Å²) in [5.41, 5.74) is 0.460. The van der Waals surface area contributed by atoms with Gasteiger partial charge in [-0.15, -0.1) is 0 Å². The molecule has 0 bridgehead atoms. The van der Waals surface area contributed by atoms with Gasteiger partial charge >= 0.3 is 5.97 Å². The Morgan fingerprint density at radius 3 is 2.71 bits per heavy atom. The van der Waals surface area contributed by atoms with E-state index in [1.165, 1.54) is 12.1 Å². The number of carbonyl (C=O) groups is 1. The highest BCUT2D eigenvalue weighted by atomic mass is 19.1. The van der Waals surface area contributed by atoms with Crippen molar-refractivity contribution < 1.29 is 14.3 Å². The van der Waals surface area contributed by atoms with E-state index in [9.17, 15) is 9.18 Å². The molecule has 1 heterocycles. The minimum Gasteiger partial charge on any atom is -0.481 e. The van der Waals surface area contributed by atoms with Crippen molar-refractivity contribution in [3.8, 4) is 0 Å². The topological polar surface area (TPSA) is 50.2 Å². The minimum atomic E-state index is -0.869. The highest BCUT2D eigenvalue weighted by Gasteiger charge is 2.38. The molecule has 1 aromatic heterocycles. The van der Waals surface area contributed by atoms with Crippen LogP contribution in [0.4, 0.5) is 4.39 Å². The highest BCUT2D eigenvalue weighted by Crippen LogP contribution is 2.42. The van der Waals surface area contributed by atoms with E-state index in [-0.39, 0.29) is 5.92 Å². The first-order chi connectivity index (χ1) is 6.68. The molecule has 1 saturated carbocycles. The summed E-state index contributed by atoms with van der Waals surface area (Å²) in [6.45, 7) is 0. The number of hydrogen-bond donors (Lipinski definition) is 1. The summed E-state index contributed by atoms with van der Waals surface area (Å²) >= 11 is 0. The molecule has 1 unspecified atom stereocenters. The average Bonchev–Trinajstić information content (AvgIpc) is 2.92. The van der Waals surface area contributed by atoms with E-state index in [2.05, 4.69) is 4.98 Å². The molecular formula is C10H10FNO2. The maximum Gasteiger partial charge on any atom is 0.312 e. The smallest absolute Gasteiger partial charge is 0.312 e. The summed E-state index contributed by atoms with van der Waals surface area (Å²) in [5, 5.41) is 8.97. The third kappa shape index (κ3) is 1.73. The molecule has 74 valence electrons. The van der Waals surface area contributed by atoms with Gasteiger partial charge in [0.1, 0.15) is 11.7 Å². The molecule has 1 atom stereocenters. The molecule has 0 spiro atoms. The maximum atomic E-state index is 12.6. The van der Waals surface area contributed by atoms with E-state index in [0.717, 1.165) is 19.0 Å². The second-order valence-corrected chi connectivity index (χ2v) is 3.55. The van der Waals surface area contributed by atoms with Gasteiger partial charge in [-0.3, -0.25) is 9.78 Å². The van der Waals surface area contributed by atoms with Crippen molar-refractivity contribution in [3.63, 3.8) is 0 Å². The first-order valence-corrected chi connectivity index (χ1v) is 4.53. The lowest BCUT2D eigenvalue weighted by Gasteiger charge is -2.09. The number of pyridine rings is 1.